The third-order valence-electron chi connectivity index (χ3n) is 3.64. The maximum absolute atomic E-state index is 4.83. The van der Waals surface area contributed by atoms with E-state index in [1.54, 1.807) is 0 Å². The largest absolute Gasteiger partial charge is 0.260 e. The average Bonchev–Trinajstić information content (AvgIpc) is 2.43. The first-order valence-electron chi connectivity index (χ1n) is 7.20. The van der Waals surface area contributed by atoms with Crippen LogP contribution in [-0.2, 0) is 12.8 Å². The van der Waals surface area contributed by atoms with E-state index in [0.29, 0.717) is 5.92 Å². The third-order valence-corrected chi connectivity index (χ3v) is 3.64. The maximum atomic E-state index is 4.83. The normalized spacial score (nSPS) is 15.3. The molecule has 3 rings (SSSR count). The Morgan fingerprint density at radius 2 is 1.95 bits per heavy atom. The lowest BCUT2D eigenvalue weighted by molar-refractivity contribution is 0.672. The zero-order chi connectivity index (χ0) is 13.2. The van der Waals surface area contributed by atoms with Gasteiger partial charge >= 0.3 is 0 Å². The minimum absolute atomic E-state index is 0.478. The number of aromatic nitrogens is 1. The molecular weight excluding hydrogens is 232 g/mol. The van der Waals surface area contributed by atoms with E-state index in [4.69, 9.17) is 9.98 Å². The molecule has 0 saturated carbocycles. The number of fused-ring (bicyclic) bond motifs is 2. The Kier molecular flexibility index (Phi) is 3.33. The van der Waals surface area contributed by atoms with E-state index in [2.05, 4.69) is 44.3 Å². The lowest BCUT2D eigenvalue weighted by atomic mass is 9.93. The predicted octanol–water partition coefficient (Wildman–Crippen LogP) is 4.47. The maximum Gasteiger partial charge on any atom is 0.0769 e. The highest BCUT2D eigenvalue weighted by molar-refractivity contribution is 5.93. The van der Waals surface area contributed by atoms with E-state index < -0.39 is 0 Å². The van der Waals surface area contributed by atoms with E-state index >= 15 is 0 Å². The van der Waals surface area contributed by atoms with Crippen LogP contribution in [0.5, 0.6) is 0 Å². The second-order valence-corrected chi connectivity index (χ2v) is 5.63. The SMILES string of the molecule is CC(C)C=Nc1c2c(nc3ccccc13)CCCC2. The van der Waals surface area contributed by atoms with Crippen molar-refractivity contribution >= 4 is 22.8 Å². The number of pyridine rings is 1. The van der Waals surface area contributed by atoms with Crippen LogP contribution >= 0.6 is 0 Å². The van der Waals surface area contributed by atoms with Gasteiger partial charge in [0.25, 0.3) is 0 Å². The van der Waals surface area contributed by atoms with Crippen LogP contribution < -0.4 is 0 Å². The van der Waals surface area contributed by atoms with Gasteiger partial charge in [0.05, 0.1) is 11.2 Å². The van der Waals surface area contributed by atoms with Crippen LogP contribution in [0.1, 0.15) is 37.9 Å². The van der Waals surface area contributed by atoms with Crippen molar-refractivity contribution in [2.24, 2.45) is 10.9 Å². The van der Waals surface area contributed by atoms with Crippen LogP contribution in [0.25, 0.3) is 10.9 Å². The highest BCUT2D eigenvalue weighted by Crippen LogP contribution is 2.35. The van der Waals surface area contributed by atoms with Gasteiger partial charge in [0.15, 0.2) is 0 Å². The molecule has 19 heavy (non-hydrogen) atoms. The zero-order valence-electron chi connectivity index (χ0n) is 11.7. The molecule has 2 aromatic rings. The fourth-order valence-electron chi connectivity index (χ4n) is 2.72. The fourth-order valence-corrected chi connectivity index (χ4v) is 2.72. The molecule has 2 heteroatoms. The van der Waals surface area contributed by atoms with Crippen molar-refractivity contribution in [3.05, 3.63) is 35.5 Å². The van der Waals surface area contributed by atoms with E-state index in [1.807, 2.05) is 0 Å². The van der Waals surface area contributed by atoms with E-state index in [-0.39, 0.29) is 0 Å². The molecule has 0 atom stereocenters. The molecule has 2 nitrogen and oxygen atoms in total. The lowest BCUT2D eigenvalue weighted by Crippen LogP contribution is -2.06. The molecule has 0 saturated heterocycles. The molecule has 0 aliphatic heterocycles. The number of nitrogens with zero attached hydrogens (tertiary/aromatic N) is 2. The van der Waals surface area contributed by atoms with E-state index in [1.165, 1.54) is 29.5 Å². The lowest BCUT2D eigenvalue weighted by Gasteiger charge is -2.18. The molecule has 1 aromatic heterocycles. The summed E-state index contributed by atoms with van der Waals surface area (Å²) >= 11 is 0. The van der Waals surface area contributed by atoms with Gasteiger partial charge in [-0.15, -0.1) is 0 Å². The Balaban J connectivity index is 2.24. The van der Waals surface area contributed by atoms with Crippen molar-refractivity contribution in [1.82, 2.24) is 4.98 Å². The van der Waals surface area contributed by atoms with Gasteiger partial charge < -0.3 is 0 Å². The van der Waals surface area contributed by atoms with Crippen LogP contribution in [0.3, 0.4) is 0 Å². The first-order valence-corrected chi connectivity index (χ1v) is 7.20. The summed E-state index contributed by atoms with van der Waals surface area (Å²) in [7, 11) is 0. The second kappa shape index (κ2) is 5.12. The van der Waals surface area contributed by atoms with Crippen molar-refractivity contribution in [3.63, 3.8) is 0 Å². The molecule has 0 N–H and O–H groups in total. The molecule has 98 valence electrons. The zero-order valence-corrected chi connectivity index (χ0v) is 11.7. The second-order valence-electron chi connectivity index (χ2n) is 5.63. The van der Waals surface area contributed by atoms with E-state index in [9.17, 15) is 0 Å². The molecule has 0 spiro atoms. The molecule has 0 bridgehead atoms. The van der Waals surface area contributed by atoms with Crippen LogP contribution in [0.15, 0.2) is 29.3 Å². The monoisotopic (exact) mass is 252 g/mol. The van der Waals surface area contributed by atoms with Gasteiger partial charge in [-0.3, -0.25) is 9.98 Å². The minimum Gasteiger partial charge on any atom is -0.260 e. The number of aryl methyl sites for hydroxylation is 1. The number of benzene rings is 1. The first kappa shape index (κ1) is 12.3. The molecule has 0 amide bonds. The van der Waals surface area contributed by atoms with Crippen LogP contribution in [-0.4, -0.2) is 11.2 Å². The standard InChI is InChI=1S/C17H20N2/c1-12(2)11-18-17-13-7-3-5-9-15(13)19-16-10-6-4-8-14(16)17/h3,5,7,9,11-12H,4,6,8,10H2,1-2H3. The van der Waals surface area contributed by atoms with Crippen LogP contribution in [0.2, 0.25) is 0 Å². The van der Waals surface area contributed by atoms with Gasteiger partial charge in [0.1, 0.15) is 0 Å². The number of hydrogen-bond acceptors (Lipinski definition) is 2. The van der Waals surface area contributed by atoms with Gasteiger partial charge in [-0.05, 0) is 43.2 Å². The Bertz CT molecular complexity index is 626. The summed E-state index contributed by atoms with van der Waals surface area (Å²) in [4.78, 5) is 9.61. The predicted molar refractivity (Wildman–Crippen MR) is 81.4 cm³/mol. The highest BCUT2D eigenvalue weighted by atomic mass is 14.8. The summed E-state index contributed by atoms with van der Waals surface area (Å²) in [5.74, 6) is 0.478. The van der Waals surface area contributed by atoms with Crippen molar-refractivity contribution in [3.8, 4) is 0 Å². The highest BCUT2D eigenvalue weighted by Gasteiger charge is 2.17. The Labute approximate surface area is 114 Å². The van der Waals surface area contributed by atoms with Crippen molar-refractivity contribution in [2.75, 3.05) is 0 Å². The number of rotatable bonds is 2. The van der Waals surface area contributed by atoms with Crippen LogP contribution in [0.4, 0.5) is 5.69 Å². The number of aliphatic imine (C=N–C) groups is 1. The van der Waals surface area contributed by atoms with Crippen molar-refractivity contribution < 1.29 is 0 Å². The van der Waals surface area contributed by atoms with Gasteiger partial charge in [-0.2, -0.15) is 0 Å². The Hall–Kier alpha value is -1.70. The Morgan fingerprint density at radius 3 is 2.79 bits per heavy atom. The quantitative estimate of drug-likeness (QED) is 0.724. The molecule has 0 unspecified atom stereocenters. The summed E-state index contributed by atoms with van der Waals surface area (Å²) in [5, 5.41) is 1.19. The fraction of sp³-hybridized carbons (Fsp3) is 0.412. The summed E-state index contributed by atoms with van der Waals surface area (Å²) in [6.45, 7) is 4.33. The smallest absolute Gasteiger partial charge is 0.0769 e. The average molecular weight is 252 g/mol. The number of para-hydroxylation sites is 1. The number of hydrogen-bond donors (Lipinski definition) is 0. The van der Waals surface area contributed by atoms with Gasteiger partial charge in [0, 0.05) is 17.3 Å². The van der Waals surface area contributed by atoms with Gasteiger partial charge in [-0.25, -0.2) is 0 Å². The van der Waals surface area contributed by atoms with Crippen molar-refractivity contribution in [2.45, 2.75) is 39.5 Å². The minimum atomic E-state index is 0.478. The summed E-state index contributed by atoms with van der Waals surface area (Å²) in [5.41, 5.74) is 4.88. The molecule has 0 fully saturated rings. The molecule has 1 aliphatic rings. The van der Waals surface area contributed by atoms with Crippen LogP contribution in [0, 0.1) is 5.92 Å². The third kappa shape index (κ3) is 2.40. The van der Waals surface area contributed by atoms with Gasteiger partial charge in [0.2, 0.25) is 0 Å². The molecule has 1 aromatic carbocycles. The van der Waals surface area contributed by atoms with E-state index in [0.717, 1.165) is 24.0 Å². The van der Waals surface area contributed by atoms with Crippen molar-refractivity contribution in [1.29, 1.82) is 0 Å². The molecule has 0 radical (unpaired) electrons. The topological polar surface area (TPSA) is 25.2 Å². The molecule has 1 aliphatic carbocycles. The Morgan fingerprint density at radius 1 is 1.16 bits per heavy atom. The first-order chi connectivity index (χ1) is 9.25. The summed E-state index contributed by atoms with van der Waals surface area (Å²) < 4.78 is 0. The van der Waals surface area contributed by atoms with Gasteiger partial charge in [-0.1, -0.05) is 32.0 Å². The molecular formula is C17H20N2. The molecule has 1 heterocycles. The summed E-state index contributed by atoms with van der Waals surface area (Å²) in [6, 6.07) is 8.37. The summed E-state index contributed by atoms with van der Waals surface area (Å²) in [6.07, 6.45) is 6.79.